The minimum absolute atomic E-state index is 0.0874. The molecule has 0 heterocycles. The number of nitrogens with one attached hydrogen (secondary N) is 2. The van der Waals surface area contributed by atoms with Gasteiger partial charge in [-0.1, -0.05) is 6.07 Å². The highest BCUT2D eigenvalue weighted by Gasteiger charge is 2.20. The summed E-state index contributed by atoms with van der Waals surface area (Å²) in [4.78, 5) is 22.1. The summed E-state index contributed by atoms with van der Waals surface area (Å²) in [5.41, 5.74) is 0.476. The first-order chi connectivity index (χ1) is 8.11. The quantitative estimate of drug-likeness (QED) is 0.603. The van der Waals surface area contributed by atoms with E-state index in [1.807, 2.05) is 6.92 Å². The lowest BCUT2D eigenvalue weighted by molar-refractivity contribution is -0.384. The number of rotatable bonds is 5. The van der Waals surface area contributed by atoms with Crippen molar-refractivity contribution >= 4 is 17.3 Å². The van der Waals surface area contributed by atoms with E-state index >= 15 is 0 Å². The van der Waals surface area contributed by atoms with Gasteiger partial charge in [-0.3, -0.25) is 14.9 Å². The summed E-state index contributed by atoms with van der Waals surface area (Å²) in [6.07, 6.45) is 0. The molecule has 0 unspecified atom stereocenters. The second-order valence-corrected chi connectivity index (χ2v) is 3.35. The van der Waals surface area contributed by atoms with E-state index in [2.05, 4.69) is 10.6 Å². The number of carbonyl (C=O) groups excluding carboxylic acids is 1. The molecule has 0 aliphatic carbocycles. The Morgan fingerprint density at radius 1 is 1.35 bits per heavy atom. The highest BCUT2D eigenvalue weighted by Crippen LogP contribution is 2.27. The van der Waals surface area contributed by atoms with Crippen molar-refractivity contribution in [2.24, 2.45) is 0 Å². The normalized spacial score (nSPS) is 9.76. The van der Waals surface area contributed by atoms with Crippen LogP contribution in [0.4, 0.5) is 11.4 Å². The van der Waals surface area contributed by atoms with Crippen LogP contribution in [0.2, 0.25) is 0 Å². The summed E-state index contributed by atoms with van der Waals surface area (Å²) in [6.45, 7) is 4.60. The Bertz CT molecular complexity index is 432. The second-order valence-electron chi connectivity index (χ2n) is 3.35. The van der Waals surface area contributed by atoms with Crippen LogP contribution >= 0.6 is 0 Å². The Hall–Kier alpha value is -2.11. The number of hydrogen-bond acceptors (Lipinski definition) is 4. The lowest BCUT2D eigenvalue weighted by atomic mass is 10.1. The summed E-state index contributed by atoms with van der Waals surface area (Å²) in [5.74, 6) is -0.313. The molecular weight excluding hydrogens is 222 g/mol. The minimum atomic E-state index is -0.499. The third kappa shape index (κ3) is 2.93. The Morgan fingerprint density at radius 2 is 2.06 bits per heavy atom. The Balaban J connectivity index is 3.24. The summed E-state index contributed by atoms with van der Waals surface area (Å²) < 4.78 is 0. The predicted octanol–water partition coefficient (Wildman–Crippen LogP) is 1.78. The van der Waals surface area contributed by atoms with Crippen LogP contribution in [0, 0.1) is 10.1 Å². The fraction of sp³-hybridized carbons (Fsp3) is 0.364. The highest BCUT2D eigenvalue weighted by molar-refractivity contribution is 6.01. The summed E-state index contributed by atoms with van der Waals surface area (Å²) in [5, 5.41) is 16.4. The van der Waals surface area contributed by atoms with Crippen molar-refractivity contribution in [2.75, 3.05) is 18.4 Å². The van der Waals surface area contributed by atoms with Gasteiger partial charge in [0.05, 0.1) is 10.5 Å². The molecule has 1 amide bonds. The first kappa shape index (κ1) is 13.0. The van der Waals surface area contributed by atoms with E-state index in [1.165, 1.54) is 12.1 Å². The molecule has 0 saturated heterocycles. The summed E-state index contributed by atoms with van der Waals surface area (Å²) >= 11 is 0. The third-order valence-electron chi connectivity index (χ3n) is 2.17. The van der Waals surface area contributed by atoms with Crippen LogP contribution in [0.5, 0.6) is 0 Å². The number of nitrogens with zero attached hydrogens (tertiary/aromatic N) is 1. The minimum Gasteiger partial charge on any atom is -0.379 e. The van der Waals surface area contributed by atoms with E-state index in [-0.39, 0.29) is 17.3 Å². The number of para-hydroxylation sites is 1. The second kappa shape index (κ2) is 5.83. The van der Waals surface area contributed by atoms with Crippen LogP contribution in [-0.4, -0.2) is 23.9 Å². The maximum atomic E-state index is 11.7. The maximum Gasteiger partial charge on any atom is 0.293 e. The van der Waals surface area contributed by atoms with Crippen molar-refractivity contribution in [3.8, 4) is 0 Å². The van der Waals surface area contributed by atoms with Gasteiger partial charge in [-0.15, -0.1) is 0 Å². The summed E-state index contributed by atoms with van der Waals surface area (Å²) in [7, 11) is 0. The molecule has 0 bridgehead atoms. The molecule has 1 aromatic carbocycles. The number of carbonyl (C=O) groups is 1. The molecule has 6 nitrogen and oxygen atoms in total. The Labute approximate surface area is 99.2 Å². The van der Waals surface area contributed by atoms with E-state index in [4.69, 9.17) is 0 Å². The van der Waals surface area contributed by atoms with Gasteiger partial charge in [0.25, 0.3) is 11.6 Å². The van der Waals surface area contributed by atoms with Gasteiger partial charge in [0, 0.05) is 19.2 Å². The highest BCUT2D eigenvalue weighted by atomic mass is 16.6. The number of hydrogen-bond donors (Lipinski definition) is 2. The van der Waals surface area contributed by atoms with Gasteiger partial charge in [0.2, 0.25) is 0 Å². The molecule has 17 heavy (non-hydrogen) atoms. The van der Waals surface area contributed by atoms with Crippen molar-refractivity contribution in [3.05, 3.63) is 33.9 Å². The van der Waals surface area contributed by atoms with Crippen molar-refractivity contribution < 1.29 is 9.72 Å². The molecule has 0 fully saturated rings. The zero-order chi connectivity index (χ0) is 12.8. The van der Waals surface area contributed by atoms with Crippen molar-refractivity contribution in [1.82, 2.24) is 5.32 Å². The molecule has 0 aliphatic rings. The van der Waals surface area contributed by atoms with Gasteiger partial charge in [0.1, 0.15) is 5.69 Å². The lowest BCUT2D eigenvalue weighted by Crippen LogP contribution is -2.24. The van der Waals surface area contributed by atoms with Crippen LogP contribution < -0.4 is 10.6 Å². The Morgan fingerprint density at radius 3 is 2.59 bits per heavy atom. The molecule has 92 valence electrons. The number of nitro benzene ring substituents is 1. The van der Waals surface area contributed by atoms with E-state index in [0.717, 1.165) is 0 Å². The average molecular weight is 237 g/mol. The van der Waals surface area contributed by atoms with Gasteiger partial charge < -0.3 is 10.6 Å². The van der Waals surface area contributed by atoms with Gasteiger partial charge in [-0.05, 0) is 19.9 Å². The largest absolute Gasteiger partial charge is 0.379 e. The van der Waals surface area contributed by atoms with Crippen molar-refractivity contribution in [3.63, 3.8) is 0 Å². The molecule has 0 radical (unpaired) electrons. The number of anilines is 1. The molecule has 0 saturated carbocycles. The van der Waals surface area contributed by atoms with Gasteiger partial charge in [0.15, 0.2) is 0 Å². The van der Waals surface area contributed by atoms with Crippen molar-refractivity contribution in [2.45, 2.75) is 13.8 Å². The van der Waals surface area contributed by atoms with Crippen LogP contribution in [0.1, 0.15) is 24.2 Å². The van der Waals surface area contributed by atoms with E-state index in [0.29, 0.717) is 18.7 Å². The SMILES string of the molecule is CCNC(=O)c1cccc([N+](=O)[O-])c1NCC. The number of nitro groups is 1. The lowest BCUT2D eigenvalue weighted by Gasteiger charge is -2.10. The fourth-order valence-corrected chi connectivity index (χ4v) is 1.50. The maximum absolute atomic E-state index is 11.7. The number of benzene rings is 1. The summed E-state index contributed by atoms with van der Waals surface area (Å²) in [6, 6.07) is 4.44. The first-order valence-corrected chi connectivity index (χ1v) is 5.41. The van der Waals surface area contributed by atoms with Gasteiger partial charge >= 0.3 is 0 Å². The van der Waals surface area contributed by atoms with Crippen LogP contribution in [-0.2, 0) is 0 Å². The molecule has 0 atom stereocenters. The average Bonchev–Trinajstić information content (AvgIpc) is 2.29. The fourth-order valence-electron chi connectivity index (χ4n) is 1.50. The molecule has 0 aliphatic heterocycles. The Kier molecular flexibility index (Phi) is 4.45. The third-order valence-corrected chi connectivity index (χ3v) is 2.17. The smallest absolute Gasteiger partial charge is 0.293 e. The van der Waals surface area contributed by atoms with Crippen LogP contribution in [0.25, 0.3) is 0 Å². The van der Waals surface area contributed by atoms with Gasteiger partial charge in [-0.2, -0.15) is 0 Å². The van der Waals surface area contributed by atoms with Crippen LogP contribution in [0.15, 0.2) is 18.2 Å². The molecule has 1 aromatic rings. The zero-order valence-electron chi connectivity index (χ0n) is 9.82. The zero-order valence-corrected chi connectivity index (χ0v) is 9.82. The predicted molar refractivity (Wildman–Crippen MR) is 65.3 cm³/mol. The van der Waals surface area contributed by atoms with E-state index in [9.17, 15) is 14.9 Å². The van der Waals surface area contributed by atoms with E-state index < -0.39 is 4.92 Å². The molecule has 0 spiro atoms. The molecule has 0 aromatic heterocycles. The van der Waals surface area contributed by atoms with Gasteiger partial charge in [-0.25, -0.2) is 0 Å². The van der Waals surface area contributed by atoms with Crippen LogP contribution in [0.3, 0.4) is 0 Å². The van der Waals surface area contributed by atoms with Crippen molar-refractivity contribution in [1.29, 1.82) is 0 Å². The molecule has 1 rings (SSSR count). The molecular formula is C11H15N3O3. The van der Waals surface area contributed by atoms with E-state index in [1.54, 1.807) is 13.0 Å². The first-order valence-electron chi connectivity index (χ1n) is 5.41. The standard InChI is InChI=1S/C11H15N3O3/c1-3-12-10-8(11(15)13-4-2)6-5-7-9(10)14(16)17/h5-7,12H,3-4H2,1-2H3,(H,13,15). The monoisotopic (exact) mass is 237 g/mol. The number of amides is 1. The topological polar surface area (TPSA) is 84.3 Å². The molecule has 6 heteroatoms. The molecule has 2 N–H and O–H groups in total.